The molecule has 0 spiro atoms. The van der Waals surface area contributed by atoms with Crippen molar-refractivity contribution >= 4 is 39.4 Å². The zero-order valence-electron chi connectivity index (χ0n) is 21.5. The summed E-state index contributed by atoms with van der Waals surface area (Å²) in [5.41, 5.74) is 0.625. The molecule has 0 aromatic heterocycles. The van der Waals surface area contributed by atoms with Gasteiger partial charge in [0, 0.05) is 26.2 Å². The summed E-state index contributed by atoms with van der Waals surface area (Å²) >= 11 is 0. The molecule has 2 aromatic carbocycles. The van der Waals surface area contributed by atoms with Crippen molar-refractivity contribution in [2.24, 2.45) is 0 Å². The predicted octanol–water partition coefficient (Wildman–Crippen LogP) is 3.50. The summed E-state index contributed by atoms with van der Waals surface area (Å²) in [7, 11) is -3.99. The molecule has 1 saturated heterocycles. The van der Waals surface area contributed by atoms with Crippen LogP contribution in [0.2, 0.25) is 0 Å². The van der Waals surface area contributed by atoms with Crippen LogP contribution in [-0.2, 0) is 19.6 Å². The molecule has 3 rings (SSSR count). The molecule has 3 N–H and O–H groups in total. The van der Waals surface area contributed by atoms with Crippen LogP contribution in [0.15, 0.2) is 47.4 Å². The summed E-state index contributed by atoms with van der Waals surface area (Å²) in [6, 6.07) is 10.2. The highest BCUT2D eigenvalue weighted by molar-refractivity contribution is 7.92. The lowest BCUT2D eigenvalue weighted by molar-refractivity contribution is -0.192. The van der Waals surface area contributed by atoms with Crippen molar-refractivity contribution in [3.05, 3.63) is 48.0 Å². The van der Waals surface area contributed by atoms with Crippen LogP contribution in [0, 0.1) is 0 Å². The topological polar surface area (TPSA) is 163 Å². The Morgan fingerprint density at radius 1 is 0.950 bits per heavy atom. The molecule has 1 amide bonds. The number of carboxylic acids is 2. The first-order valence-corrected chi connectivity index (χ1v) is 13.3. The molecule has 0 atom stereocenters. The standard InChI is InChI=1S/C22H27N3O7S.C2HF3O2/c1-3-31-17-6-8-18(9-7-17)33(29,30)23-19-15-16(21(26)27)5-10-20(19)24-11-13-25(14-12-24)22(28)32-4-2;3-2(4,5)1(6)7/h5-10,15,23H,3-4,11-14H2,1-2H3,(H,26,27);(H,6,7). The number of hydrogen-bond donors (Lipinski definition) is 3. The number of rotatable bonds is 8. The lowest BCUT2D eigenvalue weighted by Crippen LogP contribution is -2.49. The first-order chi connectivity index (χ1) is 18.7. The van der Waals surface area contributed by atoms with Crippen molar-refractivity contribution in [1.29, 1.82) is 0 Å². The minimum Gasteiger partial charge on any atom is -0.494 e. The number of piperazine rings is 1. The van der Waals surface area contributed by atoms with Crippen molar-refractivity contribution in [3.8, 4) is 5.75 Å². The SMILES string of the molecule is CCOC(=O)N1CCN(c2ccc(C(=O)O)cc2NS(=O)(=O)c2ccc(OCC)cc2)CC1.O=C(O)C(F)(F)F. The van der Waals surface area contributed by atoms with Gasteiger partial charge in [-0.05, 0) is 56.3 Å². The Bertz CT molecular complexity index is 1290. The van der Waals surface area contributed by atoms with Gasteiger partial charge in [-0.25, -0.2) is 22.8 Å². The van der Waals surface area contributed by atoms with Gasteiger partial charge in [-0.15, -0.1) is 0 Å². The van der Waals surface area contributed by atoms with E-state index in [1.54, 1.807) is 30.0 Å². The van der Waals surface area contributed by atoms with E-state index in [0.29, 0.717) is 44.2 Å². The fourth-order valence-electron chi connectivity index (χ4n) is 3.46. The van der Waals surface area contributed by atoms with Gasteiger partial charge in [0.25, 0.3) is 10.0 Å². The van der Waals surface area contributed by atoms with Gasteiger partial charge in [0.05, 0.1) is 35.0 Å². The molecule has 0 bridgehead atoms. The van der Waals surface area contributed by atoms with Gasteiger partial charge in [-0.1, -0.05) is 0 Å². The number of hydrogen-bond acceptors (Lipinski definition) is 8. The van der Waals surface area contributed by atoms with Crippen LogP contribution < -0.4 is 14.4 Å². The molecule has 1 heterocycles. The lowest BCUT2D eigenvalue weighted by Gasteiger charge is -2.36. The van der Waals surface area contributed by atoms with Crippen LogP contribution in [0.5, 0.6) is 5.75 Å². The third-order valence-corrected chi connectivity index (χ3v) is 6.70. The number of ether oxygens (including phenoxy) is 2. The normalized spacial score (nSPS) is 13.5. The summed E-state index contributed by atoms with van der Waals surface area (Å²) in [6.45, 7) is 5.96. The van der Waals surface area contributed by atoms with Crippen molar-refractivity contribution in [2.75, 3.05) is 49.0 Å². The van der Waals surface area contributed by atoms with E-state index in [0.717, 1.165) is 0 Å². The van der Waals surface area contributed by atoms with Gasteiger partial charge in [0.15, 0.2) is 0 Å². The second-order valence-electron chi connectivity index (χ2n) is 8.02. The molecular formula is C24H28F3N3O9S. The largest absolute Gasteiger partial charge is 0.494 e. The van der Waals surface area contributed by atoms with E-state index in [9.17, 15) is 36.3 Å². The molecule has 1 fully saturated rings. The maximum absolute atomic E-state index is 13.0. The maximum Gasteiger partial charge on any atom is 0.490 e. The molecule has 0 saturated carbocycles. The minimum absolute atomic E-state index is 0.0183. The summed E-state index contributed by atoms with van der Waals surface area (Å²) in [5, 5.41) is 16.5. The first kappa shape index (κ1) is 32.0. The second kappa shape index (κ2) is 13.7. The van der Waals surface area contributed by atoms with Crippen LogP contribution in [0.4, 0.5) is 29.3 Å². The molecule has 0 aliphatic carbocycles. The van der Waals surface area contributed by atoms with Gasteiger partial charge in [-0.3, -0.25) is 4.72 Å². The quantitative estimate of drug-likeness (QED) is 0.414. The van der Waals surface area contributed by atoms with Crippen LogP contribution in [0.1, 0.15) is 24.2 Å². The number of aromatic carboxylic acids is 1. The predicted molar refractivity (Wildman–Crippen MR) is 136 cm³/mol. The Hall–Kier alpha value is -4.21. The molecular weight excluding hydrogens is 563 g/mol. The number of amides is 1. The average Bonchev–Trinajstić information content (AvgIpc) is 2.89. The monoisotopic (exact) mass is 591 g/mol. The van der Waals surface area contributed by atoms with Gasteiger partial charge in [-0.2, -0.15) is 13.2 Å². The highest BCUT2D eigenvalue weighted by atomic mass is 32.2. The van der Waals surface area contributed by atoms with Gasteiger partial charge in [0.2, 0.25) is 0 Å². The summed E-state index contributed by atoms with van der Waals surface area (Å²) < 4.78 is 70.7. The zero-order valence-corrected chi connectivity index (χ0v) is 22.3. The summed E-state index contributed by atoms with van der Waals surface area (Å²) in [4.78, 5) is 35.8. The van der Waals surface area contributed by atoms with Crippen LogP contribution in [-0.4, -0.2) is 87.1 Å². The molecule has 1 aliphatic heterocycles. The number of nitrogens with one attached hydrogen (secondary N) is 1. The highest BCUT2D eigenvalue weighted by Gasteiger charge is 2.38. The number of sulfonamides is 1. The smallest absolute Gasteiger partial charge is 0.490 e. The summed E-state index contributed by atoms with van der Waals surface area (Å²) in [5.74, 6) is -3.38. The van der Waals surface area contributed by atoms with Crippen molar-refractivity contribution in [3.63, 3.8) is 0 Å². The number of carbonyl (C=O) groups is 3. The Morgan fingerprint density at radius 3 is 2.00 bits per heavy atom. The first-order valence-electron chi connectivity index (χ1n) is 11.8. The number of nitrogens with zero attached hydrogens (tertiary/aromatic N) is 2. The number of aliphatic carboxylic acids is 1. The fraction of sp³-hybridized carbons (Fsp3) is 0.375. The van der Waals surface area contributed by atoms with Crippen molar-refractivity contribution in [1.82, 2.24) is 4.90 Å². The lowest BCUT2D eigenvalue weighted by atomic mass is 10.1. The van der Waals surface area contributed by atoms with E-state index in [4.69, 9.17) is 19.4 Å². The second-order valence-corrected chi connectivity index (χ2v) is 9.71. The molecule has 220 valence electrons. The molecule has 40 heavy (non-hydrogen) atoms. The number of carboxylic acid groups (broad SMARTS) is 2. The Labute approximate surface area is 227 Å². The van der Waals surface area contributed by atoms with Crippen molar-refractivity contribution < 1.29 is 55.7 Å². The van der Waals surface area contributed by atoms with E-state index in [1.807, 2.05) is 11.8 Å². The van der Waals surface area contributed by atoms with E-state index in [1.165, 1.54) is 24.3 Å². The third kappa shape index (κ3) is 8.93. The fourth-order valence-corrected chi connectivity index (χ4v) is 4.52. The number of alkyl halides is 3. The molecule has 12 nitrogen and oxygen atoms in total. The zero-order chi connectivity index (χ0) is 30.1. The molecule has 1 aliphatic rings. The number of carbonyl (C=O) groups excluding carboxylic acids is 1. The minimum atomic E-state index is -5.08. The Morgan fingerprint density at radius 2 is 1.52 bits per heavy atom. The van der Waals surface area contributed by atoms with E-state index in [2.05, 4.69) is 4.72 Å². The van der Waals surface area contributed by atoms with Crippen LogP contribution in [0.3, 0.4) is 0 Å². The molecule has 0 unspecified atom stereocenters. The van der Waals surface area contributed by atoms with Gasteiger partial charge >= 0.3 is 24.2 Å². The number of anilines is 2. The molecule has 0 radical (unpaired) electrons. The summed E-state index contributed by atoms with van der Waals surface area (Å²) in [6.07, 6.45) is -5.48. The Balaban J connectivity index is 0.000000708. The van der Waals surface area contributed by atoms with E-state index in [-0.39, 0.29) is 22.8 Å². The number of benzene rings is 2. The van der Waals surface area contributed by atoms with Crippen LogP contribution >= 0.6 is 0 Å². The van der Waals surface area contributed by atoms with Gasteiger partial charge in [0.1, 0.15) is 5.75 Å². The van der Waals surface area contributed by atoms with Crippen LogP contribution in [0.25, 0.3) is 0 Å². The maximum atomic E-state index is 13.0. The third-order valence-electron chi connectivity index (χ3n) is 5.32. The highest BCUT2D eigenvalue weighted by Crippen LogP contribution is 2.31. The Kier molecular flexibility index (Phi) is 11.0. The van der Waals surface area contributed by atoms with Crippen molar-refractivity contribution in [2.45, 2.75) is 24.9 Å². The van der Waals surface area contributed by atoms with E-state index >= 15 is 0 Å². The average molecular weight is 592 g/mol. The van der Waals surface area contributed by atoms with Gasteiger partial charge < -0.3 is 29.5 Å². The molecule has 16 heteroatoms. The number of halogens is 3. The van der Waals surface area contributed by atoms with E-state index < -0.39 is 34.2 Å². The molecule has 2 aromatic rings.